The van der Waals surface area contributed by atoms with Crippen molar-refractivity contribution in [3.63, 3.8) is 0 Å². The second-order valence-corrected chi connectivity index (χ2v) is 10.6. The summed E-state index contributed by atoms with van der Waals surface area (Å²) in [6, 6.07) is 13.2. The van der Waals surface area contributed by atoms with Crippen LogP contribution in [-0.2, 0) is 14.8 Å². The van der Waals surface area contributed by atoms with Gasteiger partial charge in [-0.25, -0.2) is 13.4 Å². The lowest BCUT2D eigenvalue weighted by molar-refractivity contribution is -0.113. The predicted molar refractivity (Wildman–Crippen MR) is 126 cm³/mol. The number of thioether (sulfide) groups is 1. The third-order valence-electron chi connectivity index (χ3n) is 3.93. The fraction of sp³-hybridized carbons (Fsp3) is 0.0526. The van der Waals surface area contributed by atoms with Crippen molar-refractivity contribution < 1.29 is 17.6 Å². The minimum atomic E-state index is -3.75. The van der Waals surface area contributed by atoms with Crippen molar-refractivity contribution in [2.45, 2.75) is 10.1 Å². The molecule has 0 radical (unpaired) electrons. The molecule has 4 aromatic rings. The second-order valence-electron chi connectivity index (χ2n) is 6.18. The number of thiazole rings is 1. The smallest absolute Gasteiger partial charge is 0.277 e. The summed E-state index contributed by atoms with van der Waals surface area (Å²) in [6.45, 7) is 0. The highest BCUT2D eigenvalue weighted by molar-refractivity contribution is 9.10. The standard InChI is InChI=1S/C19H14BrN5O4S3/c20-13-3-1-12(2-4-13)17-23-24-19(29-17)31-11-16(26)22-14-5-7-15(8-6-14)32(27,28)25-18-21-9-10-30-18/h1-10H,11H2,(H,21,25)(H,22,26). The molecule has 1 amide bonds. The first-order valence-corrected chi connectivity index (χ1v) is 13.1. The lowest BCUT2D eigenvalue weighted by atomic mass is 10.2. The molecule has 4 rings (SSSR count). The van der Waals surface area contributed by atoms with Crippen molar-refractivity contribution in [3.8, 4) is 11.5 Å². The molecule has 0 fully saturated rings. The number of aromatic nitrogens is 3. The number of carbonyl (C=O) groups excluding carboxylic acids is 1. The number of halogens is 1. The molecule has 164 valence electrons. The lowest BCUT2D eigenvalue weighted by Crippen LogP contribution is -2.15. The maximum Gasteiger partial charge on any atom is 0.277 e. The summed E-state index contributed by atoms with van der Waals surface area (Å²) in [5.74, 6) is 0.117. The van der Waals surface area contributed by atoms with Crippen LogP contribution in [-0.4, -0.2) is 35.3 Å². The first-order valence-electron chi connectivity index (χ1n) is 8.93. The number of hydrogen-bond donors (Lipinski definition) is 2. The summed E-state index contributed by atoms with van der Waals surface area (Å²) in [6.07, 6.45) is 1.51. The number of hydrogen-bond acceptors (Lipinski definition) is 9. The highest BCUT2D eigenvalue weighted by atomic mass is 79.9. The van der Waals surface area contributed by atoms with E-state index in [2.05, 4.69) is 41.2 Å². The van der Waals surface area contributed by atoms with E-state index in [1.54, 1.807) is 5.38 Å². The molecule has 2 aromatic heterocycles. The molecule has 0 aliphatic heterocycles. The van der Waals surface area contributed by atoms with Gasteiger partial charge in [-0.1, -0.05) is 27.7 Å². The van der Waals surface area contributed by atoms with Gasteiger partial charge < -0.3 is 9.73 Å². The number of benzene rings is 2. The molecule has 0 spiro atoms. The molecule has 32 heavy (non-hydrogen) atoms. The number of rotatable bonds is 8. The van der Waals surface area contributed by atoms with E-state index >= 15 is 0 Å². The van der Waals surface area contributed by atoms with Gasteiger partial charge in [-0.3, -0.25) is 9.52 Å². The van der Waals surface area contributed by atoms with Crippen LogP contribution in [0.2, 0.25) is 0 Å². The Morgan fingerprint density at radius 2 is 1.84 bits per heavy atom. The monoisotopic (exact) mass is 551 g/mol. The van der Waals surface area contributed by atoms with Crippen LogP contribution < -0.4 is 10.0 Å². The minimum absolute atomic E-state index is 0.0492. The Bertz CT molecular complexity index is 1310. The summed E-state index contributed by atoms with van der Waals surface area (Å²) in [7, 11) is -3.75. The normalized spacial score (nSPS) is 11.3. The largest absolute Gasteiger partial charge is 0.411 e. The first-order chi connectivity index (χ1) is 15.4. The zero-order chi connectivity index (χ0) is 22.6. The maximum atomic E-state index is 12.4. The molecule has 9 nitrogen and oxygen atoms in total. The van der Waals surface area contributed by atoms with E-state index in [0.717, 1.165) is 21.8 Å². The van der Waals surface area contributed by atoms with Gasteiger partial charge in [0.25, 0.3) is 15.2 Å². The van der Waals surface area contributed by atoms with Crippen molar-refractivity contribution >= 4 is 65.8 Å². The quantitative estimate of drug-likeness (QED) is 0.306. The van der Waals surface area contributed by atoms with Crippen LogP contribution in [0.15, 0.2) is 79.1 Å². The van der Waals surface area contributed by atoms with Crippen LogP contribution >= 0.6 is 39.0 Å². The number of nitrogens with zero attached hydrogens (tertiary/aromatic N) is 3. The Morgan fingerprint density at radius 3 is 2.53 bits per heavy atom. The van der Waals surface area contributed by atoms with E-state index in [1.807, 2.05) is 24.3 Å². The average Bonchev–Trinajstić information content (AvgIpc) is 3.45. The van der Waals surface area contributed by atoms with Gasteiger partial charge in [0.15, 0.2) is 5.13 Å². The molecule has 2 N–H and O–H groups in total. The Kier molecular flexibility index (Phi) is 6.89. The summed E-state index contributed by atoms with van der Waals surface area (Å²) in [5, 5.41) is 12.9. The highest BCUT2D eigenvalue weighted by Gasteiger charge is 2.16. The van der Waals surface area contributed by atoms with E-state index in [0.29, 0.717) is 11.6 Å². The Balaban J connectivity index is 1.31. The predicted octanol–water partition coefficient (Wildman–Crippen LogP) is 4.49. The van der Waals surface area contributed by atoms with Crippen LogP contribution in [0.1, 0.15) is 0 Å². The van der Waals surface area contributed by atoms with E-state index in [-0.39, 0.29) is 26.9 Å². The topological polar surface area (TPSA) is 127 Å². The molecule has 0 aliphatic carbocycles. The molecular weight excluding hydrogens is 538 g/mol. The molecule has 0 atom stereocenters. The van der Waals surface area contributed by atoms with Crippen LogP contribution in [0.25, 0.3) is 11.5 Å². The number of carbonyl (C=O) groups is 1. The summed E-state index contributed by atoms with van der Waals surface area (Å²) in [4.78, 5) is 16.2. The summed E-state index contributed by atoms with van der Waals surface area (Å²) in [5.41, 5.74) is 1.24. The summed E-state index contributed by atoms with van der Waals surface area (Å²) < 4.78 is 33.6. The third kappa shape index (κ3) is 5.73. The second kappa shape index (κ2) is 9.81. The molecule has 0 saturated carbocycles. The van der Waals surface area contributed by atoms with Crippen LogP contribution in [0.3, 0.4) is 0 Å². The first kappa shape index (κ1) is 22.5. The van der Waals surface area contributed by atoms with Gasteiger partial charge in [0, 0.05) is 27.3 Å². The highest BCUT2D eigenvalue weighted by Crippen LogP contribution is 2.25. The lowest BCUT2D eigenvalue weighted by Gasteiger charge is -2.07. The third-order valence-corrected chi connectivity index (χ3v) is 7.45. The fourth-order valence-electron chi connectivity index (χ4n) is 2.47. The van der Waals surface area contributed by atoms with Crippen molar-refractivity contribution in [2.75, 3.05) is 15.8 Å². The Hall–Kier alpha value is -2.74. The number of sulfonamides is 1. The zero-order valence-corrected chi connectivity index (χ0v) is 20.1. The summed E-state index contributed by atoms with van der Waals surface area (Å²) >= 11 is 5.65. The van der Waals surface area contributed by atoms with Gasteiger partial charge in [-0.2, -0.15) is 0 Å². The van der Waals surface area contributed by atoms with Gasteiger partial charge >= 0.3 is 0 Å². The van der Waals surface area contributed by atoms with E-state index in [9.17, 15) is 13.2 Å². The molecular formula is C19H14BrN5O4S3. The maximum absolute atomic E-state index is 12.4. The van der Waals surface area contributed by atoms with Crippen LogP contribution in [0, 0.1) is 0 Å². The molecule has 2 heterocycles. The van der Waals surface area contributed by atoms with Gasteiger partial charge in [0.05, 0.1) is 10.6 Å². The van der Waals surface area contributed by atoms with Crippen molar-refractivity contribution in [1.29, 1.82) is 0 Å². The SMILES string of the molecule is O=C(CSc1nnc(-c2ccc(Br)cc2)o1)Nc1ccc(S(=O)(=O)Nc2nccs2)cc1. The van der Waals surface area contributed by atoms with Crippen LogP contribution in [0.5, 0.6) is 0 Å². The molecule has 0 aliphatic rings. The van der Waals surface area contributed by atoms with E-state index < -0.39 is 10.0 Å². The number of anilines is 2. The Labute approximate surface area is 199 Å². The molecule has 13 heteroatoms. The van der Waals surface area contributed by atoms with Crippen molar-refractivity contribution in [2.24, 2.45) is 0 Å². The number of amides is 1. The van der Waals surface area contributed by atoms with Crippen LogP contribution in [0.4, 0.5) is 10.8 Å². The minimum Gasteiger partial charge on any atom is -0.411 e. The molecule has 0 unspecified atom stereocenters. The van der Waals surface area contributed by atoms with Crippen molar-refractivity contribution in [3.05, 3.63) is 64.6 Å². The van der Waals surface area contributed by atoms with Gasteiger partial charge in [0.1, 0.15) is 0 Å². The molecule has 0 bridgehead atoms. The van der Waals surface area contributed by atoms with Gasteiger partial charge in [-0.05, 0) is 48.5 Å². The molecule has 0 saturated heterocycles. The van der Waals surface area contributed by atoms with Crippen molar-refractivity contribution in [1.82, 2.24) is 15.2 Å². The average molecular weight is 552 g/mol. The molecule has 2 aromatic carbocycles. The zero-order valence-electron chi connectivity index (χ0n) is 16.1. The van der Waals surface area contributed by atoms with E-state index in [4.69, 9.17) is 4.42 Å². The van der Waals surface area contributed by atoms with E-state index in [1.165, 1.54) is 41.8 Å². The Morgan fingerprint density at radius 1 is 1.09 bits per heavy atom. The number of nitrogens with one attached hydrogen (secondary N) is 2. The van der Waals surface area contributed by atoms with Gasteiger partial charge in [0.2, 0.25) is 11.8 Å². The fourth-order valence-corrected chi connectivity index (χ4v) is 5.08. The van der Waals surface area contributed by atoms with Gasteiger partial charge in [-0.15, -0.1) is 21.5 Å².